The van der Waals surface area contributed by atoms with E-state index in [1.54, 1.807) is 6.92 Å². The molecule has 0 bridgehead atoms. The topological polar surface area (TPSA) is 35.2 Å². The summed E-state index contributed by atoms with van der Waals surface area (Å²) in [5.41, 5.74) is 5.71. The Labute approximate surface area is 105 Å². The smallest absolute Gasteiger partial charge is 0.166 e. The van der Waals surface area contributed by atoms with E-state index in [9.17, 15) is 8.78 Å². The van der Waals surface area contributed by atoms with Crippen molar-refractivity contribution < 1.29 is 13.5 Å². The number of halogens is 3. The highest BCUT2D eigenvalue weighted by atomic mass is 35.5. The van der Waals surface area contributed by atoms with Crippen LogP contribution in [-0.2, 0) is 11.3 Å². The highest BCUT2D eigenvalue weighted by Gasteiger charge is 2.20. The average Bonchev–Trinajstić information content (AvgIpc) is 2.29. The van der Waals surface area contributed by atoms with Gasteiger partial charge in [-0.1, -0.05) is 18.5 Å². The zero-order valence-electron chi connectivity index (χ0n) is 9.90. The van der Waals surface area contributed by atoms with Crippen LogP contribution in [0.25, 0.3) is 0 Å². The Bertz CT molecular complexity index is 399. The molecule has 2 nitrogen and oxygen atoms in total. The second-order valence-electron chi connectivity index (χ2n) is 3.97. The summed E-state index contributed by atoms with van der Waals surface area (Å²) in [6.07, 6.45) is 0.580. The van der Waals surface area contributed by atoms with Gasteiger partial charge in [-0.15, -0.1) is 0 Å². The van der Waals surface area contributed by atoms with Gasteiger partial charge in [0.15, 0.2) is 11.6 Å². The fraction of sp³-hybridized carbons (Fsp3) is 0.500. The molecular weight excluding hydrogens is 248 g/mol. The molecule has 1 atom stereocenters. The summed E-state index contributed by atoms with van der Waals surface area (Å²) in [6.45, 7) is 2.16. The van der Waals surface area contributed by atoms with E-state index in [1.165, 1.54) is 13.2 Å². The van der Waals surface area contributed by atoms with Crippen LogP contribution >= 0.6 is 11.6 Å². The molecule has 1 unspecified atom stereocenters. The Morgan fingerprint density at radius 3 is 2.59 bits per heavy atom. The van der Waals surface area contributed by atoms with E-state index in [2.05, 4.69) is 0 Å². The monoisotopic (exact) mass is 263 g/mol. The van der Waals surface area contributed by atoms with Gasteiger partial charge >= 0.3 is 0 Å². The molecule has 1 aromatic rings. The van der Waals surface area contributed by atoms with Crippen molar-refractivity contribution >= 4 is 11.6 Å². The predicted octanol–water partition coefficient (Wildman–Crippen LogP) is 3.22. The number of hydrogen-bond donors (Lipinski definition) is 1. The predicted molar refractivity (Wildman–Crippen MR) is 64.2 cm³/mol. The lowest BCUT2D eigenvalue weighted by atomic mass is 9.96. The van der Waals surface area contributed by atoms with Crippen LogP contribution in [0.15, 0.2) is 6.07 Å². The van der Waals surface area contributed by atoms with Crippen molar-refractivity contribution in [3.05, 3.63) is 33.9 Å². The molecule has 0 heterocycles. The molecule has 0 radical (unpaired) electrons. The molecule has 0 aliphatic heterocycles. The first kappa shape index (κ1) is 14.4. The zero-order chi connectivity index (χ0) is 13.0. The maximum Gasteiger partial charge on any atom is 0.166 e. The minimum Gasteiger partial charge on any atom is -0.380 e. The third-order valence-corrected chi connectivity index (χ3v) is 3.04. The molecule has 96 valence electrons. The van der Waals surface area contributed by atoms with Crippen LogP contribution in [0.3, 0.4) is 0 Å². The van der Waals surface area contributed by atoms with E-state index >= 15 is 0 Å². The second-order valence-corrected chi connectivity index (χ2v) is 4.37. The van der Waals surface area contributed by atoms with Gasteiger partial charge in [0.2, 0.25) is 0 Å². The van der Waals surface area contributed by atoms with E-state index in [0.29, 0.717) is 13.0 Å². The molecule has 1 rings (SSSR count). The van der Waals surface area contributed by atoms with Crippen LogP contribution in [0.5, 0.6) is 0 Å². The van der Waals surface area contributed by atoms with Gasteiger partial charge < -0.3 is 10.5 Å². The standard InChI is InChI=1S/C12H16ClF2NO/c1-7(3-4-16)8-5-10(13)9(6-17-2)12(15)11(8)14/h5,7H,3-4,6,16H2,1-2H3. The number of rotatable bonds is 5. The molecule has 0 fully saturated rings. The van der Waals surface area contributed by atoms with Gasteiger partial charge in [0, 0.05) is 17.7 Å². The third-order valence-electron chi connectivity index (χ3n) is 2.70. The van der Waals surface area contributed by atoms with Gasteiger partial charge in [0.1, 0.15) is 0 Å². The lowest BCUT2D eigenvalue weighted by molar-refractivity contribution is 0.180. The summed E-state index contributed by atoms with van der Waals surface area (Å²) < 4.78 is 32.3. The Kier molecular flexibility index (Phi) is 5.31. The molecule has 1 aromatic carbocycles. The first-order valence-corrected chi connectivity index (χ1v) is 5.76. The minimum absolute atomic E-state index is 0.0485. The number of ether oxygens (including phenoxy) is 1. The fourth-order valence-electron chi connectivity index (χ4n) is 1.69. The lowest BCUT2D eigenvalue weighted by Crippen LogP contribution is -2.09. The highest BCUT2D eigenvalue weighted by molar-refractivity contribution is 6.31. The Morgan fingerprint density at radius 1 is 1.41 bits per heavy atom. The van der Waals surface area contributed by atoms with Gasteiger partial charge in [-0.3, -0.25) is 0 Å². The average molecular weight is 264 g/mol. The van der Waals surface area contributed by atoms with E-state index in [-0.39, 0.29) is 28.7 Å². The van der Waals surface area contributed by atoms with Crippen molar-refractivity contribution in [1.82, 2.24) is 0 Å². The number of benzene rings is 1. The molecule has 0 aliphatic carbocycles. The molecule has 2 N–H and O–H groups in total. The minimum atomic E-state index is -0.932. The van der Waals surface area contributed by atoms with Crippen molar-refractivity contribution in [1.29, 1.82) is 0 Å². The summed E-state index contributed by atoms with van der Waals surface area (Å²) in [5, 5.41) is 0.185. The van der Waals surface area contributed by atoms with E-state index < -0.39 is 11.6 Å². The highest BCUT2D eigenvalue weighted by Crippen LogP contribution is 2.30. The molecule has 5 heteroatoms. The molecule has 0 amide bonds. The summed E-state index contributed by atoms with van der Waals surface area (Å²) in [4.78, 5) is 0. The summed E-state index contributed by atoms with van der Waals surface area (Å²) in [7, 11) is 1.40. The normalized spacial score (nSPS) is 12.8. The van der Waals surface area contributed by atoms with Gasteiger partial charge in [0.05, 0.1) is 6.61 Å². The Morgan fingerprint density at radius 2 is 2.06 bits per heavy atom. The molecule has 0 spiro atoms. The van der Waals surface area contributed by atoms with Crippen LogP contribution in [0.4, 0.5) is 8.78 Å². The quantitative estimate of drug-likeness (QED) is 0.828. The van der Waals surface area contributed by atoms with E-state index in [4.69, 9.17) is 22.1 Å². The number of hydrogen-bond acceptors (Lipinski definition) is 2. The van der Waals surface area contributed by atoms with Crippen molar-refractivity contribution in [2.45, 2.75) is 25.9 Å². The fourth-order valence-corrected chi connectivity index (χ4v) is 1.95. The molecule has 0 aliphatic rings. The molecule has 17 heavy (non-hydrogen) atoms. The lowest BCUT2D eigenvalue weighted by Gasteiger charge is -2.15. The third kappa shape index (κ3) is 3.15. The Balaban J connectivity index is 3.19. The van der Waals surface area contributed by atoms with Crippen LogP contribution in [0.1, 0.15) is 30.4 Å². The summed E-state index contributed by atoms with van der Waals surface area (Å²) >= 11 is 5.91. The van der Waals surface area contributed by atoms with Crippen molar-refractivity contribution in [3.63, 3.8) is 0 Å². The zero-order valence-corrected chi connectivity index (χ0v) is 10.7. The van der Waals surface area contributed by atoms with Crippen molar-refractivity contribution in [2.75, 3.05) is 13.7 Å². The van der Waals surface area contributed by atoms with Crippen LogP contribution < -0.4 is 5.73 Å². The van der Waals surface area contributed by atoms with Crippen LogP contribution in [-0.4, -0.2) is 13.7 Å². The van der Waals surface area contributed by atoms with Crippen LogP contribution in [0.2, 0.25) is 5.02 Å². The van der Waals surface area contributed by atoms with Crippen molar-refractivity contribution in [2.24, 2.45) is 5.73 Å². The second kappa shape index (κ2) is 6.28. The first-order valence-electron chi connectivity index (χ1n) is 5.38. The SMILES string of the molecule is COCc1c(Cl)cc(C(C)CCN)c(F)c1F. The summed E-state index contributed by atoms with van der Waals surface area (Å²) in [5.74, 6) is -1.95. The largest absolute Gasteiger partial charge is 0.380 e. The van der Waals surface area contributed by atoms with Gasteiger partial charge in [0.25, 0.3) is 0 Å². The van der Waals surface area contributed by atoms with Crippen molar-refractivity contribution in [3.8, 4) is 0 Å². The van der Waals surface area contributed by atoms with Gasteiger partial charge in [-0.25, -0.2) is 8.78 Å². The number of nitrogens with two attached hydrogens (primary N) is 1. The molecule has 0 saturated carbocycles. The van der Waals surface area contributed by atoms with E-state index in [1.807, 2.05) is 0 Å². The van der Waals surface area contributed by atoms with Crippen LogP contribution in [0, 0.1) is 11.6 Å². The van der Waals surface area contributed by atoms with Gasteiger partial charge in [-0.05, 0) is 30.5 Å². The number of methoxy groups -OCH3 is 1. The van der Waals surface area contributed by atoms with E-state index in [0.717, 1.165) is 0 Å². The maximum atomic E-state index is 13.8. The molecule has 0 aromatic heterocycles. The molecular formula is C12H16ClF2NO. The maximum absolute atomic E-state index is 13.8. The Hall–Kier alpha value is -0.710. The molecule has 0 saturated heterocycles. The van der Waals surface area contributed by atoms with Gasteiger partial charge in [-0.2, -0.15) is 0 Å². The first-order chi connectivity index (χ1) is 8.02. The summed E-state index contributed by atoms with van der Waals surface area (Å²) in [6, 6.07) is 1.45.